The Labute approximate surface area is 136 Å². The lowest BCUT2D eigenvalue weighted by Crippen LogP contribution is -2.20. The SMILES string of the molecule is CC.CC.CC/C(C)=C(\N=C/N)OC1C#CC/C=C\N=C1C. The summed E-state index contributed by atoms with van der Waals surface area (Å²) in [6, 6.07) is 0. The Bertz CT molecular complexity index is 462. The Morgan fingerprint density at radius 2 is 2.09 bits per heavy atom. The van der Waals surface area contributed by atoms with Gasteiger partial charge in [0.15, 0.2) is 6.10 Å². The average molecular weight is 305 g/mol. The van der Waals surface area contributed by atoms with Crippen molar-refractivity contribution in [2.24, 2.45) is 15.7 Å². The first kappa shape index (κ1) is 22.3. The third-order valence-electron chi connectivity index (χ3n) is 2.53. The maximum atomic E-state index is 5.80. The highest BCUT2D eigenvalue weighted by molar-refractivity contribution is 5.90. The summed E-state index contributed by atoms with van der Waals surface area (Å²) in [5.41, 5.74) is 7.18. The third kappa shape index (κ3) is 9.02. The first-order chi connectivity index (χ1) is 10.7. The maximum Gasteiger partial charge on any atom is 0.215 e. The molecular weight excluding hydrogens is 274 g/mol. The minimum Gasteiger partial charge on any atom is -0.455 e. The van der Waals surface area contributed by atoms with Gasteiger partial charge in [-0.25, -0.2) is 4.99 Å². The zero-order chi connectivity index (χ0) is 17.4. The van der Waals surface area contributed by atoms with Gasteiger partial charge in [0, 0.05) is 12.6 Å². The van der Waals surface area contributed by atoms with Crippen molar-refractivity contribution in [1.29, 1.82) is 0 Å². The van der Waals surface area contributed by atoms with Crippen LogP contribution in [0.3, 0.4) is 0 Å². The molecule has 1 rings (SSSR count). The molecular formula is C18H31N3O. The van der Waals surface area contributed by atoms with Crippen molar-refractivity contribution in [2.75, 3.05) is 0 Å². The van der Waals surface area contributed by atoms with Crippen molar-refractivity contribution in [1.82, 2.24) is 0 Å². The second kappa shape index (κ2) is 15.4. The standard InChI is InChI=1S/C14H19N3O.2C2H6/c1-4-11(2)14(17-10-15)18-13-8-6-5-7-9-16-12(13)3;2*1-2/h7,9-10,13H,4-5H2,1-3H3,(H2,15,17);2*1-2H3/b9-7-,14-11+,16-12?;;. The lowest BCUT2D eigenvalue weighted by Gasteiger charge is -2.15. The van der Waals surface area contributed by atoms with E-state index < -0.39 is 0 Å². The molecule has 0 saturated heterocycles. The Balaban J connectivity index is 0. The summed E-state index contributed by atoms with van der Waals surface area (Å²) in [6.45, 7) is 13.9. The van der Waals surface area contributed by atoms with Crippen LogP contribution in [0.25, 0.3) is 0 Å². The highest BCUT2D eigenvalue weighted by Gasteiger charge is 2.14. The number of aliphatic imine (C=N–C) groups is 2. The fourth-order valence-corrected chi connectivity index (χ4v) is 1.29. The smallest absolute Gasteiger partial charge is 0.215 e. The van der Waals surface area contributed by atoms with Gasteiger partial charge in [-0.2, -0.15) is 0 Å². The highest BCUT2D eigenvalue weighted by Crippen LogP contribution is 2.14. The van der Waals surface area contributed by atoms with Crippen molar-refractivity contribution in [3.63, 3.8) is 0 Å². The molecule has 0 aromatic heterocycles. The van der Waals surface area contributed by atoms with E-state index in [2.05, 4.69) is 21.8 Å². The molecule has 1 atom stereocenters. The van der Waals surface area contributed by atoms with Gasteiger partial charge in [-0.05, 0) is 25.8 Å². The lowest BCUT2D eigenvalue weighted by atomic mass is 10.2. The summed E-state index contributed by atoms with van der Waals surface area (Å²) < 4.78 is 5.80. The molecule has 4 nitrogen and oxygen atoms in total. The van der Waals surface area contributed by atoms with E-state index in [9.17, 15) is 0 Å². The molecule has 0 amide bonds. The Morgan fingerprint density at radius 1 is 1.45 bits per heavy atom. The van der Waals surface area contributed by atoms with Crippen molar-refractivity contribution in [3.8, 4) is 11.8 Å². The Morgan fingerprint density at radius 3 is 2.64 bits per heavy atom. The molecule has 0 bridgehead atoms. The quantitative estimate of drug-likeness (QED) is 0.361. The van der Waals surface area contributed by atoms with Gasteiger partial charge in [-0.3, -0.25) is 4.99 Å². The zero-order valence-electron chi connectivity index (χ0n) is 15.1. The molecule has 1 unspecified atom stereocenters. The van der Waals surface area contributed by atoms with Crippen molar-refractivity contribution >= 4 is 12.1 Å². The normalized spacial score (nSPS) is 18.7. The second-order valence-electron chi connectivity index (χ2n) is 3.90. The minimum atomic E-state index is -0.366. The summed E-state index contributed by atoms with van der Waals surface area (Å²) in [6.07, 6.45) is 6.07. The molecule has 1 aliphatic rings. The first-order valence-electron chi connectivity index (χ1n) is 7.97. The molecule has 0 aromatic carbocycles. The van der Waals surface area contributed by atoms with Crippen LogP contribution in [-0.4, -0.2) is 18.2 Å². The van der Waals surface area contributed by atoms with Crippen molar-refractivity contribution < 1.29 is 4.74 Å². The molecule has 0 radical (unpaired) electrons. The fourth-order valence-electron chi connectivity index (χ4n) is 1.29. The molecule has 124 valence electrons. The Hall–Kier alpha value is -2.02. The molecule has 2 N–H and O–H groups in total. The first-order valence-corrected chi connectivity index (χ1v) is 7.97. The average Bonchev–Trinajstić information content (AvgIpc) is 2.56. The number of nitrogens with zero attached hydrogens (tertiary/aromatic N) is 2. The van der Waals surface area contributed by atoms with Crippen LogP contribution < -0.4 is 5.73 Å². The third-order valence-corrected chi connectivity index (χ3v) is 2.53. The van der Waals surface area contributed by atoms with Crippen LogP contribution in [0.5, 0.6) is 0 Å². The van der Waals surface area contributed by atoms with Crippen LogP contribution in [-0.2, 0) is 4.74 Å². The van der Waals surface area contributed by atoms with E-state index >= 15 is 0 Å². The van der Waals surface area contributed by atoms with E-state index in [1.165, 1.54) is 6.34 Å². The highest BCUT2D eigenvalue weighted by atomic mass is 16.5. The van der Waals surface area contributed by atoms with Gasteiger partial charge < -0.3 is 10.5 Å². The predicted octanol–water partition coefficient (Wildman–Crippen LogP) is 4.43. The number of nitrogens with two attached hydrogens (primary N) is 1. The second-order valence-corrected chi connectivity index (χ2v) is 3.90. The number of rotatable bonds is 4. The van der Waals surface area contributed by atoms with Crippen LogP contribution in [0.15, 0.2) is 33.7 Å². The van der Waals surface area contributed by atoms with E-state index in [1.807, 2.05) is 54.5 Å². The lowest BCUT2D eigenvalue weighted by molar-refractivity contribution is 0.205. The van der Waals surface area contributed by atoms with Crippen LogP contribution in [0.4, 0.5) is 0 Å². The van der Waals surface area contributed by atoms with Gasteiger partial charge in [0.2, 0.25) is 5.88 Å². The number of ether oxygens (including phenoxy) is 1. The summed E-state index contributed by atoms with van der Waals surface area (Å²) in [7, 11) is 0. The molecule has 0 aliphatic carbocycles. The summed E-state index contributed by atoms with van der Waals surface area (Å²) in [4.78, 5) is 8.31. The number of allylic oxidation sites excluding steroid dienone is 2. The van der Waals surface area contributed by atoms with Crippen LogP contribution in [0.1, 0.15) is 61.3 Å². The van der Waals surface area contributed by atoms with Gasteiger partial charge in [-0.1, -0.05) is 52.5 Å². The van der Waals surface area contributed by atoms with Gasteiger partial charge in [0.1, 0.15) is 0 Å². The van der Waals surface area contributed by atoms with E-state index in [4.69, 9.17) is 10.5 Å². The fraction of sp³-hybridized carbons (Fsp3) is 0.556. The van der Waals surface area contributed by atoms with E-state index in [1.54, 1.807) is 6.20 Å². The molecule has 22 heavy (non-hydrogen) atoms. The van der Waals surface area contributed by atoms with E-state index in [0.717, 1.165) is 17.7 Å². The minimum absolute atomic E-state index is 0.366. The molecule has 0 aromatic rings. The van der Waals surface area contributed by atoms with Crippen LogP contribution in [0.2, 0.25) is 0 Å². The zero-order valence-corrected chi connectivity index (χ0v) is 15.1. The summed E-state index contributed by atoms with van der Waals surface area (Å²) in [5, 5.41) is 0. The van der Waals surface area contributed by atoms with Crippen LogP contribution >= 0.6 is 0 Å². The number of hydrogen-bond acceptors (Lipinski definition) is 3. The predicted molar refractivity (Wildman–Crippen MR) is 97.9 cm³/mol. The molecule has 0 fully saturated rings. The monoisotopic (exact) mass is 305 g/mol. The summed E-state index contributed by atoms with van der Waals surface area (Å²) in [5.74, 6) is 6.59. The largest absolute Gasteiger partial charge is 0.455 e. The molecule has 1 aliphatic heterocycles. The molecule has 1 heterocycles. The topological polar surface area (TPSA) is 60.0 Å². The maximum absolute atomic E-state index is 5.80. The van der Waals surface area contributed by atoms with Crippen molar-refractivity contribution in [2.45, 2.75) is 67.4 Å². The van der Waals surface area contributed by atoms with Gasteiger partial charge >= 0.3 is 0 Å². The van der Waals surface area contributed by atoms with Crippen LogP contribution in [0, 0.1) is 11.8 Å². The number of hydrogen-bond donors (Lipinski definition) is 1. The van der Waals surface area contributed by atoms with Gasteiger partial charge in [0.25, 0.3) is 0 Å². The Kier molecular flexibility index (Phi) is 15.6. The van der Waals surface area contributed by atoms with E-state index in [-0.39, 0.29) is 6.10 Å². The molecule has 4 heteroatoms. The van der Waals surface area contributed by atoms with Gasteiger partial charge in [-0.15, -0.1) is 0 Å². The van der Waals surface area contributed by atoms with E-state index in [0.29, 0.717) is 12.3 Å². The van der Waals surface area contributed by atoms with Crippen molar-refractivity contribution in [3.05, 3.63) is 23.7 Å². The molecule has 0 saturated carbocycles. The molecule has 0 spiro atoms. The van der Waals surface area contributed by atoms with Gasteiger partial charge in [0.05, 0.1) is 12.1 Å². The summed E-state index contributed by atoms with van der Waals surface area (Å²) >= 11 is 0.